The van der Waals surface area contributed by atoms with Crippen LogP contribution in [0.3, 0.4) is 0 Å². The number of anilines is 1. The van der Waals surface area contributed by atoms with E-state index in [4.69, 9.17) is 5.26 Å². The second kappa shape index (κ2) is 7.00. The first-order chi connectivity index (χ1) is 8.99. The lowest BCUT2D eigenvalue weighted by Gasteiger charge is -2.11. The molecule has 0 aliphatic heterocycles. The van der Waals surface area contributed by atoms with E-state index in [0.29, 0.717) is 12.2 Å². The molecule has 0 fully saturated rings. The standard InChI is InChI=1S/C13H16F3N3/c1-2-18-6-3-7-19-12-5-4-11(13(14,15)16)8-10(12)9-17/h4-5,8,18-19H,2-3,6-7H2,1H3. The van der Waals surface area contributed by atoms with E-state index in [9.17, 15) is 13.2 Å². The largest absolute Gasteiger partial charge is 0.416 e. The minimum Gasteiger partial charge on any atom is -0.384 e. The quantitative estimate of drug-likeness (QED) is 0.782. The lowest BCUT2D eigenvalue weighted by Crippen LogP contribution is -2.17. The Balaban J connectivity index is 2.67. The van der Waals surface area contributed by atoms with Crippen LogP contribution in [-0.4, -0.2) is 19.6 Å². The molecule has 0 amide bonds. The van der Waals surface area contributed by atoms with Crippen LogP contribution >= 0.6 is 0 Å². The Morgan fingerprint density at radius 1 is 1.26 bits per heavy atom. The van der Waals surface area contributed by atoms with E-state index < -0.39 is 11.7 Å². The van der Waals surface area contributed by atoms with Gasteiger partial charge in [-0.15, -0.1) is 0 Å². The minimum atomic E-state index is -4.42. The van der Waals surface area contributed by atoms with Crippen molar-refractivity contribution in [3.05, 3.63) is 29.3 Å². The molecule has 6 heteroatoms. The summed E-state index contributed by atoms with van der Waals surface area (Å²) in [5.74, 6) is 0. The third kappa shape index (κ3) is 4.79. The van der Waals surface area contributed by atoms with Crippen LogP contribution in [-0.2, 0) is 6.18 Å². The van der Waals surface area contributed by atoms with Crippen LogP contribution in [0.5, 0.6) is 0 Å². The first kappa shape index (κ1) is 15.3. The molecule has 1 aromatic rings. The number of nitrogens with zero attached hydrogens (tertiary/aromatic N) is 1. The van der Waals surface area contributed by atoms with Crippen molar-refractivity contribution in [3.63, 3.8) is 0 Å². The molecule has 19 heavy (non-hydrogen) atoms. The van der Waals surface area contributed by atoms with Gasteiger partial charge in [-0.3, -0.25) is 0 Å². The Labute approximate surface area is 110 Å². The molecule has 0 saturated carbocycles. The molecular formula is C13H16F3N3. The molecule has 0 radical (unpaired) electrons. The van der Waals surface area contributed by atoms with Crippen LogP contribution in [0.4, 0.5) is 18.9 Å². The number of alkyl halides is 3. The lowest BCUT2D eigenvalue weighted by molar-refractivity contribution is -0.137. The van der Waals surface area contributed by atoms with Crippen LogP contribution < -0.4 is 10.6 Å². The number of nitriles is 1. The SMILES string of the molecule is CCNCCCNc1ccc(C(F)(F)F)cc1C#N. The van der Waals surface area contributed by atoms with Gasteiger partial charge in [-0.2, -0.15) is 18.4 Å². The molecule has 0 aromatic heterocycles. The van der Waals surface area contributed by atoms with Gasteiger partial charge < -0.3 is 10.6 Å². The Morgan fingerprint density at radius 3 is 2.58 bits per heavy atom. The second-order valence-corrected chi connectivity index (χ2v) is 4.00. The first-order valence-corrected chi connectivity index (χ1v) is 6.05. The summed E-state index contributed by atoms with van der Waals surface area (Å²) in [5, 5.41) is 15.0. The Hall–Kier alpha value is -1.74. The smallest absolute Gasteiger partial charge is 0.384 e. The number of nitrogens with one attached hydrogen (secondary N) is 2. The van der Waals surface area contributed by atoms with Crippen molar-refractivity contribution in [1.82, 2.24) is 5.32 Å². The summed E-state index contributed by atoms with van der Waals surface area (Å²) in [5.41, 5.74) is -0.354. The van der Waals surface area contributed by atoms with Gasteiger partial charge in [0.15, 0.2) is 0 Å². The van der Waals surface area contributed by atoms with E-state index in [1.54, 1.807) is 6.07 Å². The van der Waals surface area contributed by atoms with Crippen molar-refractivity contribution in [1.29, 1.82) is 5.26 Å². The Kier molecular flexibility index (Phi) is 5.64. The van der Waals surface area contributed by atoms with Gasteiger partial charge in [0.1, 0.15) is 6.07 Å². The number of benzene rings is 1. The van der Waals surface area contributed by atoms with Crippen molar-refractivity contribution in [3.8, 4) is 6.07 Å². The average molecular weight is 271 g/mol. The Bertz CT molecular complexity index is 449. The molecule has 0 heterocycles. The van der Waals surface area contributed by atoms with Gasteiger partial charge in [0.25, 0.3) is 0 Å². The molecule has 3 nitrogen and oxygen atoms in total. The van der Waals surface area contributed by atoms with E-state index in [1.807, 2.05) is 6.92 Å². The molecular weight excluding hydrogens is 255 g/mol. The summed E-state index contributed by atoms with van der Waals surface area (Å²) >= 11 is 0. The normalized spacial score (nSPS) is 11.1. The fraction of sp³-hybridized carbons (Fsp3) is 0.462. The zero-order valence-electron chi connectivity index (χ0n) is 10.6. The summed E-state index contributed by atoms with van der Waals surface area (Å²) in [6.45, 7) is 4.31. The summed E-state index contributed by atoms with van der Waals surface area (Å²) in [6.07, 6.45) is -3.59. The molecule has 0 spiro atoms. The predicted octanol–water partition coefficient (Wildman–Crippen LogP) is 2.99. The van der Waals surface area contributed by atoms with Gasteiger partial charge in [0, 0.05) is 6.54 Å². The monoisotopic (exact) mass is 271 g/mol. The van der Waals surface area contributed by atoms with Crippen molar-refractivity contribution < 1.29 is 13.2 Å². The number of halogens is 3. The van der Waals surface area contributed by atoms with Crippen molar-refractivity contribution in [2.45, 2.75) is 19.5 Å². The summed E-state index contributed by atoms with van der Waals surface area (Å²) < 4.78 is 37.5. The Morgan fingerprint density at radius 2 is 2.00 bits per heavy atom. The van der Waals surface area contributed by atoms with Crippen LogP contribution in [0, 0.1) is 11.3 Å². The van der Waals surface area contributed by atoms with E-state index >= 15 is 0 Å². The molecule has 1 rings (SSSR count). The maximum absolute atomic E-state index is 12.5. The summed E-state index contributed by atoms with van der Waals surface area (Å²) in [4.78, 5) is 0. The van der Waals surface area contributed by atoms with E-state index in [-0.39, 0.29) is 5.56 Å². The highest BCUT2D eigenvalue weighted by molar-refractivity contribution is 5.58. The van der Waals surface area contributed by atoms with Crippen LogP contribution in [0.25, 0.3) is 0 Å². The zero-order valence-corrected chi connectivity index (χ0v) is 10.6. The van der Waals surface area contributed by atoms with E-state index in [1.165, 1.54) is 6.07 Å². The molecule has 0 unspecified atom stereocenters. The summed E-state index contributed by atoms with van der Waals surface area (Å²) in [6, 6.07) is 4.93. The molecule has 0 aliphatic rings. The minimum absolute atomic E-state index is 0.0123. The van der Waals surface area contributed by atoms with Crippen molar-refractivity contribution in [2.24, 2.45) is 0 Å². The van der Waals surface area contributed by atoms with Gasteiger partial charge in [0.2, 0.25) is 0 Å². The molecule has 0 atom stereocenters. The van der Waals surface area contributed by atoms with Crippen LogP contribution in [0.15, 0.2) is 18.2 Å². The number of hydrogen-bond acceptors (Lipinski definition) is 3. The third-order valence-electron chi connectivity index (χ3n) is 2.56. The average Bonchev–Trinajstić information content (AvgIpc) is 2.37. The topological polar surface area (TPSA) is 47.8 Å². The molecule has 0 bridgehead atoms. The predicted molar refractivity (Wildman–Crippen MR) is 67.8 cm³/mol. The molecule has 2 N–H and O–H groups in total. The van der Waals surface area contributed by atoms with Gasteiger partial charge in [-0.1, -0.05) is 6.92 Å². The van der Waals surface area contributed by atoms with Gasteiger partial charge >= 0.3 is 6.18 Å². The van der Waals surface area contributed by atoms with Gasteiger partial charge in [-0.05, 0) is 37.7 Å². The first-order valence-electron chi connectivity index (χ1n) is 6.05. The zero-order chi connectivity index (χ0) is 14.3. The fourth-order valence-electron chi connectivity index (χ4n) is 1.58. The molecule has 0 saturated heterocycles. The maximum atomic E-state index is 12.5. The lowest BCUT2D eigenvalue weighted by atomic mass is 10.1. The van der Waals surface area contributed by atoms with Crippen LogP contribution in [0.2, 0.25) is 0 Å². The second-order valence-electron chi connectivity index (χ2n) is 4.00. The van der Waals surface area contributed by atoms with E-state index in [0.717, 1.165) is 31.6 Å². The third-order valence-corrected chi connectivity index (χ3v) is 2.56. The molecule has 1 aromatic carbocycles. The van der Waals surface area contributed by atoms with Gasteiger partial charge in [-0.25, -0.2) is 0 Å². The highest BCUT2D eigenvalue weighted by atomic mass is 19.4. The number of rotatable bonds is 6. The summed E-state index contributed by atoms with van der Waals surface area (Å²) in [7, 11) is 0. The fourth-order valence-corrected chi connectivity index (χ4v) is 1.58. The van der Waals surface area contributed by atoms with Crippen molar-refractivity contribution >= 4 is 5.69 Å². The number of hydrogen-bond donors (Lipinski definition) is 2. The molecule has 0 aliphatic carbocycles. The molecule has 104 valence electrons. The van der Waals surface area contributed by atoms with Gasteiger partial charge in [0.05, 0.1) is 16.8 Å². The maximum Gasteiger partial charge on any atom is 0.416 e. The highest BCUT2D eigenvalue weighted by Crippen LogP contribution is 2.31. The van der Waals surface area contributed by atoms with Crippen LogP contribution in [0.1, 0.15) is 24.5 Å². The van der Waals surface area contributed by atoms with E-state index in [2.05, 4.69) is 10.6 Å². The highest BCUT2D eigenvalue weighted by Gasteiger charge is 2.30. The van der Waals surface area contributed by atoms with Crippen molar-refractivity contribution in [2.75, 3.05) is 25.0 Å².